The summed E-state index contributed by atoms with van der Waals surface area (Å²) in [4.78, 5) is 4.50. The second-order valence-corrected chi connectivity index (χ2v) is 5.16. The average molecular weight is 264 g/mol. The van der Waals surface area contributed by atoms with Crippen LogP contribution in [0.2, 0.25) is 0 Å². The van der Waals surface area contributed by atoms with Gasteiger partial charge in [0.1, 0.15) is 10.8 Å². The van der Waals surface area contributed by atoms with E-state index in [2.05, 4.69) is 17.2 Å². The summed E-state index contributed by atoms with van der Waals surface area (Å²) in [6.07, 6.45) is 1.04. The molecule has 0 bridgehead atoms. The lowest BCUT2D eigenvalue weighted by molar-refractivity contribution is 0.583. The molecule has 0 aliphatic rings. The van der Waals surface area contributed by atoms with Crippen LogP contribution in [0.25, 0.3) is 0 Å². The highest BCUT2D eigenvalue weighted by Gasteiger charge is 2.16. The Kier molecular flexibility index (Phi) is 4.44. The van der Waals surface area contributed by atoms with E-state index in [4.69, 9.17) is 0 Å². The zero-order valence-corrected chi connectivity index (χ0v) is 11.4. The van der Waals surface area contributed by atoms with Crippen LogP contribution in [0.4, 0.5) is 4.39 Å². The maximum Gasteiger partial charge on any atom is 0.123 e. The Morgan fingerprint density at radius 1 is 1.44 bits per heavy atom. The number of rotatable bonds is 5. The van der Waals surface area contributed by atoms with Crippen LogP contribution in [0.3, 0.4) is 0 Å². The van der Waals surface area contributed by atoms with Gasteiger partial charge in [-0.15, -0.1) is 11.3 Å². The van der Waals surface area contributed by atoms with E-state index in [1.54, 1.807) is 23.5 Å². The molecule has 2 nitrogen and oxygen atoms in total. The third-order valence-corrected chi connectivity index (χ3v) is 3.69. The molecule has 1 atom stereocenters. The SMILES string of the molecule is CCCNC(c1cccc(F)c1)c1nc(C)cs1. The van der Waals surface area contributed by atoms with Gasteiger partial charge in [-0.1, -0.05) is 19.1 Å². The Balaban J connectivity index is 2.30. The molecule has 2 rings (SSSR count). The van der Waals surface area contributed by atoms with Crippen molar-refractivity contribution in [3.8, 4) is 0 Å². The Morgan fingerprint density at radius 2 is 2.28 bits per heavy atom. The van der Waals surface area contributed by atoms with Crippen molar-refractivity contribution >= 4 is 11.3 Å². The Morgan fingerprint density at radius 3 is 2.89 bits per heavy atom. The largest absolute Gasteiger partial charge is 0.304 e. The van der Waals surface area contributed by atoms with Gasteiger partial charge < -0.3 is 5.32 Å². The molecule has 1 aromatic heterocycles. The van der Waals surface area contributed by atoms with E-state index in [1.807, 2.05) is 18.4 Å². The highest BCUT2D eigenvalue weighted by atomic mass is 32.1. The maximum atomic E-state index is 13.3. The fraction of sp³-hybridized carbons (Fsp3) is 0.357. The van der Waals surface area contributed by atoms with Gasteiger partial charge in [-0.3, -0.25) is 0 Å². The molecule has 1 aromatic carbocycles. The van der Waals surface area contributed by atoms with Gasteiger partial charge in [-0.25, -0.2) is 9.37 Å². The Labute approximate surface area is 111 Å². The van der Waals surface area contributed by atoms with Crippen LogP contribution in [0.5, 0.6) is 0 Å². The van der Waals surface area contributed by atoms with Gasteiger partial charge >= 0.3 is 0 Å². The first-order valence-corrected chi connectivity index (χ1v) is 6.99. The van der Waals surface area contributed by atoms with Crippen molar-refractivity contribution in [3.05, 3.63) is 51.7 Å². The van der Waals surface area contributed by atoms with E-state index in [0.717, 1.165) is 29.2 Å². The fourth-order valence-electron chi connectivity index (χ4n) is 1.83. The molecular weight excluding hydrogens is 247 g/mol. The van der Waals surface area contributed by atoms with E-state index in [1.165, 1.54) is 6.07 Å². The van der Waals surface area contributed by atoms with E-state index >= 15 is 0 Å². The number of thiazole rings is 1. The van der Waals surface area contributed by atoms with Crippen molar-refractivity contribution in [2.75, 3.05) is 6.54 Å². The van der Waals surface area contributed by atoms with Gasteiger partial charge in [-0.2, -0.15) is 0 Å². The second kappa shape index (κ2) is 6.07. The number of hydrogen-bond donors (Lipinski definition) is 1. The predicted octanol–water partition coefficient (Wildman–Crippen LogP) is 3.68. The molecular formula is C14H17FN2S. The van der Waals surface area contributed by atoms with Crippen molar-refractivity contribution in [2.24, 2.45) is 0 Å². The van der Waals surface area contributed by atoms with Gasteiger partial charge in [0.2, 0.25) is 0 Å². The summed E-state index contributed by atoms with van der Waals surface area (Å²) in [5.41, 5.74) is 1.94. The molecule has 0 fully saturated rings. The molecule has 0 saturated carbocycles. The van der Waals surface area contributed by atoms with Crippen LogP contribution in [-0.2, 0) is 0 Å². The third kappa shape index (κ3) is 3.15. The van der Waals surface area contributed by atoms with Crippen LogP contribution >= 0.6 is 11.3 Å². The first kappa shape index (κ1) is 13.2. The number of nitrogens with zero attached hydrogens (tertiary/aromatic N) is 1. The van der Waals surface area contributed by atoms with Crippen molar-refractivity contribution in [1.82, 2.24) is 10.3 Å². The van der Waals surface area contributed by atoms with Gasteiger partial charge in [-0.05, 0) is 37.6 Å². The third-order valence-electron chi connectivity index (χ3n) is 2.66. The molecule has 2 aromatic rings. The average Bonchev–Trinajstić information content (AvgIpc) is 2.76. The normalized spacial score (nSPS) is 12.6. The van der Waals surface area contributed by atoms with Crippen molar-refractivity contribution in [2.45, 2.75) is 26.3 Å². The quantitative estimate of drug-likeness (QED) is 0.891. The van der Waals surface area contributed by atoms with Gasteiger partial charge in [0.15, 0.2) is 0 Å². The zero-order valence-electron chi connectivity index (χ0n) is 10.6. The molecule has 18 heavy (non-hydrogen) atoms. The molecule has 0 spiro atoms. The number of nitrogens with one attached hydrogen (secondary N) is 1. The lowest BCUT2D eigenvalue weighted by atomic mass is 10.1. The summed E-state index contributed by atoms with van der Waals surface area (Å²) >= 11 is 1.61. The minimum atomic E-state index is -0.205. The Hall–Kier alpha value is -1.26. The monoisotopic (exact) mass is 264 g/mol. The van der Waals surface area contributed by atoms with Crippen LogP contribution in [0.15, 0.2) is 29.6 Å². The first-order chi connectivity index (χ1) is 8.70. The first-order valence-electron chi connectivity index (χ1n) is 6.11. The van der Waals surface area contributed by atoms with Crippen molar-refractivity contribution in [3.63, 3.8) is 0 Å². The summed E-state index contributed by atoms with van der Waals surface area (Å²) in [7, 11) is 0. The van der Waals surface area contributed by atoms with Gasteiger partial charge in [0.05, 0.1) is 6.04 Å². The molecule has 0 radical (unpaired) electrons. The minimum Gasteiger partial charge on any atom is -0.304 e. The molecule has 1 heterocycles. The standard InChI is InChI=1S/C14H17FN2S/c1-3-7-16-13(14-17-10(2)9-18-14)11-5-4-6-12(15)8-11/h4-6,8-9,13,16H,3,7H2,1-2H3. The number of aryl methyl sites for hydroxylation is 1. The number of hydrogen-bond acceptors (Lipinski definition) is 3. The van der Waals surface area contributed by atoms with Crippen LogP contribution < -0.4 is 5.32 Å². The van der Waals surface area contributed by atoms with Crippen molar-refractivity contribution < 1.29 is 4.39 Å². The summed E-state index contributed by atoms with van der Waals surface area (Å²) < 4.78 is 13.3. The molecule has 0 amide bonds. The molecule has 0 saturated heterocycles. The summed E-state index contributed by atoms with van der Waals surface area (Å²) in [5, 5.41) is 6.44. The van der Waals surface area contributed by atoms with Crippen molar-refractivity contribution in [1.29, 1.82) is 0 Å². The molecule has 96 valence electrons. The number of halogens is 1. The second-order valence-electron chi connectivity index (χ2n) is 4.27. The van der Waals surface area contributed by atoms with E-state index in [0.29, 0.717) is 0 Å². The fourth-order valence-corrected chi connectivity index (χ4v) is 2.72. The molecule has 0 aliphatic carbocycles. The number of benzene rings is 1. The van der Waals surface area contributed by atoms with Gasteiger partial charge in [0.25, 0.3) is 0 Å². The number of aromatic nitrogens is 1. The maximum absolute atomic E-state index is 13.3. The zero-order chi connectivity index (χ0) is 13.0. The summed E-state index contributed by atoms with van der Waals surface area (Å²) in [6, 6.07) is 6.70. The highest BCUT2D eigenvalue weighted by molar-refractivity contribution is 7.09. The summed E-state index contributed by atoms with van der Waals surface area (Å²) in [6.45, 7) is 4.98. The van der Waals surface area contributed by atoms with Gasteiger partial charge in [0, 0.05) is 11.1 Å². The summed E-state index contributed by atoms with van der Waals surface area (Å²) in [5.74, 6) is -0.205. The van der Waals surface area contributed by atoms with E-state index in [9.17, 15) is 4.39 Å². The molecule has 1 N–H and O–H groups in total. The predicted molar refractivity (Wildman–Crippen MR) is 73.4 cm³/mol. The van der Waals surface area contributed by atoms with Crippen LogP contribution in [-0.4, -0.2) is 11.5 Å². The molecule has 4 heteroatoms. The molecule has 0 aliphatic heterocycles. The minimum absolute atomic E-state index is 0.0145. The lowest BCUT2D eigenvalue weighted by Gasteiger charge is -2.16. The smallest absolute Gasteiger partial charge is 0.123 e. The Bertz CT molecular complexity index is 510. The van der Waals surface area contributed by atoms with E-state index in [-0.39, 0.29) is 11.9 Å². The topological polar surface area (TPSA) is 24.9 Å². The van der Waals surface area contributed by atoms with Crippen LogP contribution in [0.1, 0.15) is 35.7 Å². The van der Waals surface area contributed by atoms with Crippen LogP contribution in [0, 0.1) is 12.7 Å². The van der Waals surface area contributed by atoms with E-state index < -0.39 is 0 Å². The lowest BCUT2D eigenvalue weighted by Crippen LogP contribution is -2.23. The molecule has 1 unspecified atom stereocenters. The highest BCUT2D eigenvalue weighted by Crippen LogP contribution is 2.25.